The Bertz CT molecular complexity index is 1080. The average Bonchev–Trinajstić information content (AvgIpc) is 3.47. The van der Waals surface area contributed by atoms with Gasteiger partial charge in [0.2, 0.25) is 5.91 Å². The first-order valence-electron chi connectivity index (χ1n) is 12.2. The smallest absolute Gasteiger partial charge is 0.407 e. The maximum Gasteiger partial charge on any atom is 0.407 e. The number of ether oxygens (including phenoxy) is 2. The summed E-state index contributed by atoms with van der Waals surface area (Å²) < 4.78 is 10.9. The van der Waals surface area contributed by atoms with Crippen LogP contribution in [-0.2, 0) is 19.1 Å². The summed E-state index contributed by atoms with van der Waals surface area (Å²) in [4.78, 5) is 37.7. The number of carboxylic acid groups (broad SMARTS) is 1. The number of alkyl carbamates (subject to hydrolysis) is 1. The molecule has 8 nitrogen and oxygen atoms in total. The van der Waals surface area contributed by atoms with E-state index in [0.717, 1.165) is 35.1 Å². The number of hydrogen-bond donors (Lipinski definition) is 3. The van der Waals surface area contributed by atoms with Crippen molar-refractivity contribution in [3.8, 4) is 11.1 Å². The maximum atomic E-state index is 13.1. The van der Waals surface area contributed by atoms with Gasteiger partial charge in [-0.1, -0.05) is 61.4 Å². The highest BCUT2D eigenvalue weighted by molar-refractivity contribution is 5.89. The van der Waals surface area contributed by atoms with E-state index in [1.54, 1.807) is 0 Å². The SMILES string of the molecule is O=C(N[C@H]1CCCC[C@H]1C(=O)NC1(C(=O)O)CCOC1)OCC1c2ccccc2-c2ccccc21. The molecule has 2 fully saturated rings. The largest absolute Gasteiger partial charge is 0.479 e. The molecule has 3 N–H and O–H groups in total. The molecule has 1 aliphatic heterocycles. The number of amides is 2. The second-order valence-corrected chi connectivity index (χ2v) is 9.65. The molecule has 1 saturated carbocycles. The highest BCUT2D eigenvalue weighted by Crippen LogP contribution is 2.44. The van der Waals surface area contributed by atoms with E-state index in [2.05, 4.69) is 34.9 Å². The molecule has 1 saturated heterocycles. The number of hydrogen-bond acceptors (Lipinski definition) is 5. The van der Waals surface area contributed by atoms with E-state index in [0.29, 0.717) is 19.4 Å². The first kappa shape index (κ1) is 23.4. The number of fused-ring (bicyclic) bond motifs is 3. The molecule has 1 unspecified atom stereocenters. The molecule has 0 spiro atoms. The van der Waals surface area contributed by atoms with E-state index >= 15 is 0 Å². The van der Waals surface area contributed by atoms with Crippen molar-refractivity contribution in [2.45, 2.75) is 49.6 Å². The van der Waals surface area contributed by atoms with Gasteiger partial charge in [0, 0.05) is 25.0 Å². The average molecular weight is 479 g/mol. The molecule has 0 aromatic heterocycles. The Labute approximate surface area is 204 Å². The van der Waals surface area contributed by atoms with E-state index in [1.165, 1.54) is 0 Å². The molecule has 3 atom stereocenters. The second kappa shape index (κ2) is 9.70. The summed E-state index contributed by atoms with van der Waals surface area (Å²) in [5.41, 5.74) is 3.18. The summed E-state index contributed by atoms with van der Waals surface area (Å²) in [6, 6.07) is 15.9. The summed E-state index contributed by atoms with van der Waals surface area (Å²) in [6.45, 7) is 0.437. The minimum atomic E-state index is -1.40. The van der Waals surface area contributed by atoms with Crippen LogP contribution in [0.4, 0.5) is 4.79 Å². The molecular weight excluding hydrogens is 448 g/mol. The summed E-state index contributed by atoms with van der Waals surface area (Å²) in [6.07, 6.45) is 2.61. The summed E-state index contributed by atoms with van der Waals surface area (Å²) in [5.74, 6) is -2.01. The Morgan fingerprint density at radius 3 is 2.29 bits per heavy atom. The minimum absolute atomic E-state index is 0.0450. The van der Waals surface area contributed by atoms with Gasteiger partial charge in [0.25, 0.3) is 0 Å². The molecule has 2 aromatic rings. The van der Waals surface area contributed by atoms with Crippen molar-refractivity contribution < 1.29 is 29.0 Å². The fourth-order valence-corrected chi connectivity index (χ4v) is 5.62. The number of rotatable bonds is 6. The Kier molecular flexibility index (Phi) is 6.47. The van der Waals surface area contributed by atoms with Gasteiger partial charge in [-0.2, -0.15) is 0 Å². The lowest BCUT2D eigenvalue weighted by atomic mass is 9.83. The standard InChI is InChI=1S/C27H30N2O6/c30-24(29-27(25(31)32)13-14-34-16-27)21-11-5-6-12-23(21)28-26(33)35-15-22-19-9-3-1-7-17(19)18-8-2-4-10-20(18)22/h1-4,7-10,21-23H,5-6,11-16H2,(H,28,33)(H,29,30)(H,31,32)/t21-,23+,27?/m1/s1. The van der Waals surface area contributed by atoms with Gasteiger partial charge in [-0.3, -0.25) is 4.79 Å². The molecule has 1 heterocycles. The lowest BCUT2D eigenvalue weighted by Gasteiger charge is -2.33. The second-order valence-electron chi connectivity index (χ2n) is 9.65. The Morgan fingerprint density at radius 2 is 1.66 bits per heavy atom. The van der Waals surface area contributed by atoms with E-state index in [9.17, 15) is 19.5 Å². The molecule has 5 rings (SSSR count). The molecule has 2 aromatic carbocycles. The third-order valence-electron chi connectivity index (χ3n) is 7.54. The lowest BCUT2D eigenvalue weighted by molar-refractivity contribution is -0.148. The Hall–Kier alpha value is -3.39. The number of carboxylic acids is 1. The summed E-state index contributed by atoms with van der Waals surface area (Å²) in [7, 11) is 0. The van der Waals surface area contributed by atoms with Gasteiger partial charge < -0.3 is 25.2 Å². The van der Waals surface area contributed by atoms with Gasteiger partial charge in [0.15, 0.2) is 5.54 Å². The first-order valence-corrected chi connectivity index (χ1v) is 12.2. The van der Waals surface area contributed by atoms with Crippen molar-refractivity contribution in [1.82, 2.24) is 10.6 Å². The fourth-order valence-electron chi connectivity index (χ4n) is 5.62. The third kappa shape index (κ3) is 4.50. The number of nitrogens with one attached hydrogen (secondary N) is 2. The zero-order valence-corrected chi connectivity index (χ0v) is 19.5. The van der Waals surface area contributed by atoms with E-state index in [4.69, 9.17) is 9.47 Å². The van der Waals surface area contributed by atoms with Gasteiger partial charge in [-0.15, -0.1) is 0 Å². The summed E-state index contributed by atoms with van der Waals surface area (Å²) >= 11 is 0. The predicted octanol–water partition coefficient (Wildman–Crippen LogP) is 3.44. The normalized spacial score (nSPS) is 25.4. The van der Waals surface area contributed by atoms with Crippen molar-refractivity contribution >= 4 is 18.0 Å². The third-order valence-corrected chi connectivity index (χ3v) is 7.54. The highest BCUT2D eigenvalue weighted by Gasteiger charge is 2.46. The van der Waals surface area contributed by atoms with Gasteiger partial charge in [-0.05, 0) is 35.1 Å². The molecule has 2 amide bonds. The first-order chi connectivity index (χ1) is 17.0. The van der Waals surface area contributed by atoms with Crippen molar-refractivity contribution in [1.29, 1.82) is 0 Å². The van der Waals surface area contributed by atoms with Crippen molar-refractivity contribution in [2.75, 3.05) is 19.8 Å². The van der Waals surface area contributed by atoms with Gasteiger partial charge in [-0.25, -0.2) is 9.59 Å². The van der Waals surface area contributed by atoms with Crippen LogP contribution in [0.5, 0.6) is 0 Å². The van der Waals surface area contributed by atoms with E-state index in [-0.39, 0.29) is 31.5 Å². The van der Waals surface area contributed by atoms with Crippen LogP contribution in [0.15, 0.2) is 48.5 Å². The lowest BCUT2D eigenvalue weighted by Crippen LogP contribution is -2.59. The van der Waals surface area contributed by atoms with Crippen molar-refractivity contribution in [3.63, 3.8) is 0 Å². The van der Waals surface area contributed by atoms with Crippen LogP contribution in [0, 0.1) is 5.92 Å². The molecule has 8 heteroatoms. The van der Waals surface area contributed by atoms with Crippen LogP contribution in [0.25, 0.3) is 11.1 Å². The molecule has 2 aliphatic carbocycles. The molecule has 3 aliphatic rings. The van der Waals surface area contributed by atoms with Crippen LogP contribution in [-0.4, -0.2) is 54.5 Å². The topological polar surface area (TPSA) is 114 Å². The molecular formula is C27H30N2O6. The Morgan fingerprint density at radius 1 is 1.00 bits per heavy atom. The van der Waals surface area contributed by atoms with Crippen molar-refractivity contribution in [2.24, 2.45) is 5.92 Å². The minimum Gasteiger partial charge on any atom is -0.479 e. The van der Waals surface area contributed by atoms with Crippen LogP contribution in [0.3, 0.4) is 0 Å². The highest BCUT2D eigenvalue weighted by atomic mass is 16.5. The van der Waals surface area contributed by atoms with Gasteiger partial charge in [0.1, 0.15) is 6.61 Å². The predicted molar refractivity (Wildman–Crippen MR) is 128 cm³/mol. The van der Waals surface area contributed by atoms with Crippen LogP contribution >= 0.6 is 0 Å². The zero-order chi connectivity index (χ0) is 24.4. The zero-order valence-electron chi connectivity index (χ0n) is 19.5. The monoisotopic (exact) mass is 478 g/mol. The molecule has 35 heavy (non-hydrogen) atoms. The number of aliphatic carboxylic acids is 1. The number of benzene rings is 2. The van der Waals surface area contributed by atoms with E-state index in [1.807, 2.05) is 24.3 Å². The van der Waals surface area contributed by atoms with Gasteiger partial charge in [0.05, 0.1) is 12.5 Å². The molecule has 0 bridgehead atoms. The number of carbonyl (C=O) groups excluding carboxylic acids is 2. The Balaban J connectivity index is 1.23. The van der Waals surface area contributed by atoms with Crippen LogP contribution < -0.4 is 10.6 Å². The maximum absolute atomic E-state index is 13.1. The number of carbonyl (C=O) groups is 3. The molecule has 184 valence electrons. The molecule has 0 radical (unpaired) electrons. The van der Waals surface area contributed by atoms with Gasteiger partial charge >= 0.3 is 12.1 Å². The van der Waals surface area contributed by atoms with E-state index < -0.39 is 29.6 Å². The quantitative estimate of drug-likeness (QED) is 0.586. The van der Waals surface area contributed by atoms with Crippen LogP contribution in [0.2, 0.25) is 0 Å². The van der Waals surface area contributed by atoms with Crippen molar-refractivity contribution in [3.05, 3.63) is 59.7 Å². The van der Waals surface area contributed by atoms with Crippen LogP contribution in [0.1, 0.15) is 49.1 Å². The fraction of sp³-hybridized carbons (Fsp3) is 0.444. The summed E-state index contributed by atoms with van der Waals surface area (Å²) in [5, 5.41) is 15.2.